The van der Waals surface area contributed by atoms with Crippen LogP contribution >= 0.6 is 0 Å². The van der Waals surface area contributed by atoms with Gasteiger partial charge in [0.1, 0.15) is 0 Å². The van der Waals surface area contributed by atoms with Gasteiger partial charge in [0.15, 0.2) is 6.10 Å². The van der Waals surface area contributed by atoms with Crippen molar-refractivity contribution in [2.24, 2.45) is 5.73 Å². The molecule has 0 saturated heterocycles. The third kappa shape index (κ3) is 3.08. The number of benzene rings is 1. The maximum absolute atomic E-state index is 12.5. The van der Waals surface area contributed by atoms with E-state index in [1.807, 2.05) is 12.1 Å². The molecule has 0 unspecified atom stereocenters. The molecule has 24 heavy (non-hydrogen) atoms. The van der Waals surface area contributed by atoms with Crippen molar-refractivity contribution in [2.75, 3.05) is 0 Å². The molecule has 0 saturated carbocycles. The number of primary amides is 1. The minimum absolute atomic E-state index is 0.314. The molecule has 0 fully saturated rings. The van der Waals surface area contributed by atoms with Crippen molar-refractivity contribution in [2.45, 2.75) is 13.0 Å². The number of rotatable bonds is 4. The molecule has 0 aliphatic rings. The van der Waals surface area contributed by atoms with Crippen LogP contribution in [0.15, 0.2) is 54.7 Å². The molecule has 1 atom stereocenters. The summed E-state index contributed by atoms with van der Waals surface area (Å²) in [6.07, 6.45) is 0.641. The molecule has 1 aromatic carbocycles. The lowest BCUT2D eigenvalue weighted by molar-refractivity contribution is -0.125. The topological polar surface area (TPSA) is 95.2 Å². The van der Waals surface area contributed by atoms with Crippen LogP contribution in [-0.4, -0.2) is 27.9 Å². The van der Waals surface area contributed by atoms with E-state index in [1.165, 1.54) is 6.92 Å². The number of fused-ring (bicyclic) bond motifs is 1. The van der Waals surface area contributed by atoms with Gasteiger partial charge in [-0.05, 0) is 31.2 Å². The Morgan fingerprint density at radius 1 is 1.08 bits per heavy atom. The molecule has 6 heteroatoms. The molecule has 120 valence electrons. The van der Waals surface area contributed by atoms with Crippen LogP contribution in [0, 0.1) is 0 Å². The van der Waals surface area contributed by atoms with E-state index in [1.54, 1.807) is 42.6 Å². The average molecular weight is 321 g/mol. The highest BCUT2D eigenvalue weighted by molar-refractivity contribution is 6.05. The first-order valence-electron chi connectivity index (χ1n) is 7.38. The molecular weight excluding hydrogens is 306 g/mol. The van der Waals surface area contributed by atoms with Gasteiger partial charge in [0.05, 0.1) is 22.5 Å². The Kier molecular flexibility index (Phi) is 4.20. The van der Waals surface area contributed by atoms with Crippen molar-refractivity contribution < 1.29 is 14.3 Å². The standard InChI is InChI=1S/C18H15N3O3/c1-11(17(19)22)24-18(23)13-10-16(15-8-4-5-9-20-15)21-14-7-3-2-6-12(13)14/h2-11H,1H3,(H2,19,22)/t11-/m1/s1. The van der Waals surface area contributed by atoms with Gasteiger partial charge in [-0.2, -0.15) is 0 Å². The lowest BCUT2D eigenvalue weighted by atomic mass is 10.1. The number of hydrogen-bond acceptors (Lipinski definition) is 5. The lowest BCUT2D eigenvalue weighted by Crippen LogP contribution is -2.30. The molecular formula is C18H15N3O3. The van der Waals surface area contributed by atoms with Gasteiger partial charge in [0.2, 0.25) is 0 Å². The molecule has 2 aromatic heterocycles. The second kappa shape index (κ2) is 6.45. The zero-order chi connectivity index (χ0) is 17.1. The van der Waals surface area contributed by atoms with Crippen molar-refractivity contribution in [3.05, 3.63) is 60.3 Å². The minimum Gasteiger partial charge on any atom is -0.449 e. The molecule has 0 spiro atoms. The van der Waals surface area contributed by atoms with E-state index in [4.69, 9.17) is 10.5 Å². The van der Waals surface area contributed by atoms with Crippen LogP contribution in [0.1, 0.15) is 17.3 Å². The van der Waals surface area contributed by atoms with Gasteiger partial charge >= 0.3 is 5.97 Å². The molecule has 0 aliphatic carbocycles. The van der Waals surface area contributed by atoms with Crippen LogP contribution in [0.5, 0.6) is 0 Å². The Hall–Kier alpha value is -3.28. The monoisotopic (exact) mass is 321 g/mol. The van der Waals surface area contributed by atoms with Crippen LogP contribution < -0.4 is 5.73 Å². The summed E-state index contributed by atoms with van der Waals surface area (Å²) in [5.74, 6) is -1.33. The van der Waals surface area contributed by atoms with E-state index in [-0.39, 0.29) is 0 Å². The number of nitrogens with zero attached hydrogens (tertiary/aromatic N) is 2. The van der Waals surface area contributed by atoms with Gasteiger partial charge in [-0.15, -0.1) is 0 Å². The van der Waals surface area contributed by atoms with Crippen molar-refractivity contribution >= 4 is 22.8 Å². The summed E-state index contributed by atoms with van der Waals surface area (Å²) in [6.45, 7) is 1.43. The number of carbonyl (C=O) groups excluding carboxylic acids is 2. The average Bonchev–Trinajstić information content (AvgIpc) is 2.61. The molecule has 1 amide bonds. The van der Waals surface area contributed by atoms with Crippen molar-refractivity contribution in [3.63, 3.8) is 0 Å². The summed E-state index contributed by atoms with van der Waals surface area (Å²) in [4.78, 5) is 32.4. The van der Waals surface area contributed by atoms with E-state index in [2.05, 4.69) is 9.97 Å². The third-order valence-corrected chi connectivity index (χ3v) is 3.55. The van der Waals surface area contributed by atoms with Crippen LogP contribution in [0.3, 0.4) is 0 Å². The number of aromatic nitrogens is 2. The number of ether oxygens (including phenoxy) is 1. The Bertz CT molecular complexity index is 910. The molecule has 0 bridgehead atoms. The van der Waals surface area contributed by atoms with Crippen molar-refractivity contribution in [1.29, 1.82) is 0 Å². The Morgan fingerprint density at radius 2 is 1.83 bits per heavy atom. The summed E-state index contributed by atoms with van der Waals surface area (Å²) in [6, 6.07) is 14.3. The fourth-order valence-electron chi connectivity index (χ4n) is 2.27. The highest BCUT2D eigenvalue weighted by Gasteiger charge is 2.20. The Morgan fingerprint density at radius 3 is 2.54 bits per heavy atom. The minimum atomic E-state index is -1.01. The highest BCUT2D eigenvalue weighted by Crippen LogP contribution is 2.24. The second-order valence-electron chi connectivity index (χ2n) is 5.24. The van der Waals surface area contributed by atoms with Crippen LogP contribution in [0.4, 0.5) is 0 Å². The number of esters is 1. The molecule has 3 aromatic rings. The number of nitrogens with two attached hydrogens (primary N) is 1. The van der Waals surface area contributed by atoms with E-state index in [0.717, 1.165) is 0 Å². The van der Waals surface area contributed by atoms with E-state index in [9.17, 15) is 9.59 Å². The van der Waals surface area contributed by atoms with Crippen LogP contribution in [-0.2, 0) is 9.53 Å². The number of hydrogen-bond donors (Lipinski definition) is 1. The van der Waals surface area contributed by atoms with Crippen LogP contribution in [0.25, 0.3) is 22.3 Å². The van der Waals surface area contributed by atoms with Gasteiger partial charge in [-0.25, -0.2) is 9.78 Å². The zero-order valence-corrected chi connectivity index (χ0v) is 13.0. The molecule has 0 aliphatic heterocycles. The van der Waals surface area contributed by atoms with Crippen molar-refractivity contribution in [1.82, 2.24) is 9.97 Å². The zero-order valence-electron chi connectivity index (χ0n) is 13.0. The smallest absolute Gasteiger partial charge is 0.339 e. The van der Waals surface area contributed by atoms with Gasteiger partial charge in [-0.1, -0.05) is 24.3 Å². The molecule has 2 N–H and O–H groups in total. The highest BCUT2D eigenvalue weighted by atomic mass is 16.5. The van der Waals surface area contributed by atoms with Gasteiger partial charge in [0.25, 0.3) is 5.91 Å². The largest absolute Gasteiger partial charge is 0.449 e. The maximum Gasteiger partial charge on any atom is 0.339 e. The lowest BCUT2D eigenvalue weighted by Gasteiger charge is -2.12. The van der Waals surface area contributed by atoms with E-state index >= 15 is 0 Å². The quantitative estimate of drug-likeness (QED) is 0.744. The number of pyridine rings is 2. The summed E-state index contributed by atoms with van der Waals surface area (Å²) in [7, 11) is 0. The second-order valence-corrected chi connectivity index (χ2v) is 5.24. The number of para-hydroxylation sites is 1. The van der Waals surface area contributed by atoms with E-state index < -0.39 is 18.0 Å². The molecule has 6 nitrogen and oxygen atoms in total. The Balaban J connectivity index is 2.11. The summed E-state index contributed by atoms with van der Waals surface area (Å²) in [5, 5.41) is 0.638. The first kappa shape index (κ1) is 15.6. The van der Waals surface area contributed by atoms with Crippen LogP contribution in [0.2, 0.25) is 0 Å². The van der Waals surface area contributed by atoms with Gasteiger partial charge < -0.3 is 10.5 Å². The molecule has 0 radical (unpaired) electrons. The normalized spacial score (nSPS) is 11.9. The predicted octanol–water partition coefficient (Wildman–Crippen LogP) is 2.33. The van der Waals surface area contributed by atoms with Gasteiger partial charge in [0, 0.05) is 11.6 Å². The molecule has 2 heterocycles. The summed E-state index contributed by atoms with van der Waals surface area (Å²) in [5.41, 5.74) is 7.30. The van der Waals surface area contributed by atoms with Gasteiger partial charge in [-0.3, -0.25) is 9.78 Å². The molecule has 3 rings (SSSR count). The third-order valence-electron chi connectivity index (χ3n) is 3.55. The fraction of sp³-hybridized carbons (Fsp3) is 0.111. The SMILES string of the molecule is C[C@@H](OC(=O)c1cc(-c2ccccn2)nc2ccccc12)C(N)=O. The number of amides is 1. The predicted molar refractivity (Wildman–Crippen MR) is 89.0 cm³/mol. The first-order valence-corrected chi connectivity index (χ1v) is 7.38. The van der Waals surface area contributed by atoms with E-state index in [0.29, 0.717) is 27.9 Å². The fourth-order valence-corrected chi connectivity index (χ4v) is 2.27. The summed E-state index contributed by atoms with van der Waals surface area (Å²) < 4.78 is 5.14. The first-order chi connectivity index (χ1) is 11.6. The summed E-state index contributed by atoms with van der Waals surface area (Å²) >= 11 is 0. The maximum atomic E-state index is 12.5. The number of carbonyl (C=O) groups is 2. The van der Waals surface area contributed by atoms with Crippen molar-refractivity contribution in [3.8, 4) is 11.4 Å². The Labute approximate surface area is 138 Å².